The van der Waals surface area contributed by atoms with Gasteiger partial charge in [0.1, 0.15) is 0 Å². The summed E-state index contributed by atoms with van der Waals surface area (Å²) in [6, 6.07) is 4.89. The molecule has 3 aliphatic rings. The Morgan fingerprint density at radius 2 is 1.52 bits per heavy atom. The summed E-state index contributed by atoms with van der Waals surface area (Å²) in [5.41, 5.74) is 1.23. The molecule has 2 saturated heterocycles. The smallest absolute Gasteiger partial charge is 0.256 e. The van der Waals surface area contributed by atoms with Crippen LogP contribution in [0.3, 0.4) is 0 Å². The van der Waals surface area contributed by atoms with Crippen LogP contribution in [0.1, 0.15) is 42.5 Å². The fourth-order valence-electron chi connectivity index (χ4n) is 4.51. The Labute approximate surface area is 184 Å². The van der Waals surface area contributed by atoms with E-state index in [1.165, 1.54) is 20.2 Å². The van der Waals surface area contributed by atoms with E-state index in [4.69, 9.17) is 0 Å². The van der Waals surface area contributed by atoms with Gasteiger partial charge in [-0.2, -0.15) is 0 Å². The summed E-state index contributed by atoms with van der Waals surface area (Å²) in [5.74, 6) is 0.223. The maximum atomic E-state index is 13.5. The number of benzene rings is 1. The number of sulfonamides is 1. The summed E-state index contributed by atoms with van der Waals surface area (Å²) < 4.78 is 26.5. The van der Waals surface area contributed by atoms with E-state index < -0.39 is 10.0 Å². The maximum absolute atomic E-state index is 13.5. The average molecular weight is 449 g/mol. The molecule has 8 nitrogen and oxygen atoms in total. The van der Waals surface area contributed by atoms with Crippen molar-refractivity contribution in [2.24, 2.45) is 5.92 Å². The van der Waals surface area contributed by atoms with Gasteiger partial charge in [-0.1, -0.05) is 6.42 Å². The van der Waals surface area contributed by atoms with Crippen LogP contribution < -0.4 is 4.90 Å². The van der Waals surface area contributed by atoms with Gasteiger partial charge in [-0.25, -0.2) is 12.7 Å². The molecular formula is C22H32N4O4S. The minimum atomic E-state index is -3.64. The molecule has 2 amide bonds. The van der Waals surface area contributed by atoms with Crippen LogP contribution >= 0.6 is 0 Å². The zero-order chi connectivity index (χ0) is 22.2. The van der Waals surface area contributed by atoms with Crippen molar-refractivity contribution in [1.82, 2.24) is 14.1 Å². The first kappa shape index (κ1) is 22.1. The molecule has 170 valence electrons. The number of carbonyl (C=O) groups excluding carboxylic acids is 2. The average Bonchev–Trinajstić information content (AvgIpc) is 3.26. The van der Waals surface area contributed by atoms with Crippen LogP contribution in [-0.4, -0.2) is 87.7 Å². The minimum absolute atomic E-state index is 0.127. The summed E-state index contributed by atoms with van der Waals surface area (Å²) in [6.07, 6.45) is 5.20. The number of piperazine rings is 1. The van der Waals surface area contributed by atoms with Crippen LogP contribution in [0.4, 0.5) is 5.69 Å². The molecule has 2 aliphatic heterocycles. The Morgan fingerprint density at radius 1 is 0.903 bits per heavy atom. The van der Waals surface area contributed by atoms with Crippen molar-refractivity contribution in [1.29, 1.82) is 0 Å². The van der Waals surface area contributed by atoms with Gasteiger partial charge >= 0.3 is 0 Å². The molecule has 1 aliphatic carbocycles. The van der Waals surface area contributed by atoms with Crippen molar-refractivity contribution < 1.29 is 18.0 Å². The molecule has 0 radical (unpaired) electrons. The predicted octanol–water partition coefficient (Wildman–Crippen LogP) is 1.62. The second-order valence-corrected chi connectivity index (χ2v) is 11.1. The highest BCUT2D eigenvalue weighted by Crippen LogP contribution is 2.31. The third-order valence-electron chi connectivity index (χ3n) is 6.76. The molecule has 3 fully saturated rings. The maximum Gasteiger partial charge on any atom is 0.256 e. The summed E-state index contributed by atoms with van der Waals surface area (Å²) >= 11 is 0. The Kier molecular flexibility index (Phi) is 6.25. The van der Waals surface area contributed by atoms with Crippen LogP contribution in [0.15, 0.2) is 23.1 Å². The lowest BCUT2D eigenvalue weighted by Crippen LogP contribution is -2.52. The molecule has 0 aromatic heterocycles. The molecule has 0 unspecified atom stereocenters. The van der Waals surface area contributed by atoms with Gasteiger partial charge in [0.2, 0.25) is 15.9 Å². The van der Waals surface area contributed by atoms with Crippen molar-refractivity contribution in [3.8, 4) is 0 Å². The van der Waals surface area contributed by atoms with Crippen molar-refractivity contribution >= 4 is 27.5 Å². The molecule has 31 heavy (non-hydrogen) atoms. The normalized spacial score (nSPS) is 20.3. The molecule has 1 saturated carbocycles. The Balaban J connectivity index is 1.56. The highest BCUT2D eigenvalue weighted by molar-refractivity contribution is 7.89. The number of rotatable bonds is 5. The van der Waals surface area contributed by atoms with E-state index in [0.29, 0.717) is 31.7 Å². The highest BCUT2D eigenvalue weighted by Gasteiger charge is 2.33. The summed E-state index contributed by atoms with van der Waals surface area (Å²) in [5, 5.41) is 0. The van der Waals surface area contributed by atoms with Crippen LogP contribution in [0.25, 0.3) is 0 Å². The molecule has 0 spiro atoms. The SMILES string of the molecule is CN(C)S(=O)(=O)c1ccc(N2CCCC2)c(C(=O)N2CCN(C(=O)C3CCC3)CC2)c1. The number of nitrogens with zero attached hydrogens (tertiary/aromatic N) is 4. The Bertz CT molecular complexity index is 944. The standard InChI is InChI=1S/C22H32N4O4S/c1-23(2)31(29,30)18-8-9-20(24-10-3-4-11-24)19(16-18)22(28)26-14-12-25(13-15-26)21(27)17-6-5-7-17/h8-9,16-17H,3-7,10-15H2,1-2H3. The molecule has 2 heterocycles. The van der Waals surface area contributed by atoms with Crippen molar-refractivity contribution in [3.63, 3.8) is 0 Å². The number of carbonyl (C=O) groups is 2. The fourth-order valence-corrected chi connectivity index (χ4v) is 5.43. The molecule has 0 N–H and O–H groups in total. The largest absolute Gasteiger partial charge is 0.371 e. The second-order valence-electron chi connectivity index (χ2n) is 8.91. The summed E-state index contributed by atoms with van der Waals surface area (Å²) in [7, 11) is -0.660. The van der Waals surface area contributed by atoms with E-state index >= 15 is 0 Å². The first-order valence-electron chi connectivity index (χ1n) is 11.2. The monoisotopic (exact) mass is 448 g/mol. The molecule has 0 bridgehead atoms. The number of amides is 2. The third kappa shape index (κ3) is 4.30. The molecule has 0 atom stereocenters. The van der Waals surface area contributed by atoms with E-state index in [0.717, 1.165) is 55.2 Å². The topological polar surface area (TPSA) is 81.2 Å². The van der Waals surface area contributed by atoms with Crippen LogP contribution in [0, 0.1) is 5.92 Å². The first-order valence-corrected chi connectivity index (χ1v) is 12.6. The first-order chi connectivity index (χ1) is 14.8. The summed E-state index contributed by atoms with van der Waals surface area (Å²) in [4.78, 5) is 31.9. The van der Waals surface area contributed by atoms with Crippen molar-refractivity contribution in [2.75, 3.05) is 58.3 Å². The Morgan fingerprint density at radius 3 is 2.06 bits per heavy atom. The van der Waals surface area contributed by atoms with Crippen LogP contribution in [0.2, 0.25) is 0 Å². The minimum Gasteiger partial charge on any atom is -0.371 e. The van der Waals surface area contributed by atoms with Gasteiger partial charge in [0.15, 0.2) is 0 Å². The van der Waals surface area contributed by atoms with Gasteiger partial charge < -0.3 is 14.7 Å². The number of hydrogen-bond donors (Lipinski definition) is 0. The molecule has 1 aromatic rings. The van der Waals surface area contributed by atoms with Gasteiger partial charge in [-0.3, -0.25) is 9.59 Å². The van der Waals surface area contributed by atoms with Gasteiger partial charge in [0, 0.05) is 65.0 Å². The zero-order valence-electron chi connectivity index (χ0n) is 18.4. The van der Waals surface area contributed by atoms with Gasteiger partial charge in [0.25, 0.3) is 5.91 Å². The molecule has 4 rings (SSSR count). The van der Waals surface area contributed by atoms with Gasteiger partial charge in [0.05, 0.1) is 10.5 Å². The quantitative estimate of drug-likeness (QED) is 0.684. The molecule has 1 aromatic carbocycles. The van der Waals surface area contributed by atoms with E-state index in [2.05, 4.69) is 4.90 Å². The number of hydrogen-bond acceptors (Lipinski definition) is 5. The lowest BCUT2D eigenvalue weighted by molar-refractivity contribution is -0.139. The van der Waals surface area contributed by atoms with E-state index in [9.17, 15) is 18.0 Å². The van der Waals surface area contributed by atoms with Crippen molar-refractivity contribution in [3.05, 3.63) is 23.8 Å². The van der Waals surface area contributed by atoms with E-state index in [1.807, 2.05) is 4.90 Å². The fraction of sp³-hybridized carbons (Fsp3) is 0.636. The zero-order valence-corrected chi connectivity index (χ0v) is 19.2. The molecule has 9 heteroatoms. The second kappa shape index (κ2) is 8.78. The molecular weight excluding hydrogens is 416 g/mol. The Hall–Kier alpha value is -2.13. The van der Waals surface area contributed by atoms with Gasteiger partial charge in [-0.15, -0.1) is 0 Å². The van der Waals surface area contributed by atoms with Crippen LogP contribution in [0.5, 0.6) is 0 Å². The van der Waals surface area contributed by atoms with E-state index in [1.54, 1.807) is 17.0 Å². The lowest BCUT2D eigenvalue weighted by Gasteiger charge is -2.38. The summed E-state index contributed by atoms with van der Waals surface area (Å²) in [6.45, 7) is 3.75. The van der Waals surface area contributed by atoms with Gasteiger partial charge in [-0.05, 0) is 43.9 Å². The van der Waals surface area contributed by atoms with Crippen LogP contribution in [-0.2, 0) is 14.8 Å². The highest BCUT2D eigenvalue weighted by atomic mass is 32.2. The number of anilines is 1. The lowest BCUT2D eigenvalue weighted by atomic mass is 9.84. The van der Waals surface area contributed by atoms with E-state index in [-0.39, 0.29) is 22.6 Å². The predicted molar refractivity (Wildman–Crippen MR) is 119 cm³/mol. The van der Waals surface area contributed by atoms with Crippen molar-refractivity contribution in [2.45, 2.75) is 37.0 Å². The third-order valence-corrected chi connectivity index (χ3v) is 8.57.